The molecule has 0 radical (unpaired) electrons. The number of aliphatic imine (C=N–C) groups is 1. The molecule has 0 aliphatic carbocycles. The molecule has 0 fully saturated rings. The standard InChI is InChI=1S/C16H17N3O/c1-11-16(18-10-12-5-3-2-4-6-12)19-14-9-13(17)7-8-15(14)20-11/h2-9,11H,10,17H2,1H3,(H,18,19). The van der Waals surface area contributed by atoms with E-state index in [4.69, 9.17) is 10.5 Å². The van der Waals surface area contributed by atoms with Crippen molar-refractivity contribution in [1.29, 1.82) is 0 Å². The van der Waals surface area contributed by atoms with Crippen LogP contribution >= 0.6 is 0 Å². The number of rotatable bonds is 2. The Balaban J connectivity index is 1.81. The first-order valence-electron chi connectivity index (χ1n) is 6.64. The zero-order valence-electron chi connectivity index (χ0n) is 11.3. The summed E-state index contributed by atoms with van der Waals surface area (Å²) in [6, 6.07) is 15.7. The van der Waals surface area contributed by atoms with Gasteiger partial charge < -0.3 is 15.8 Å². The maximum absolute atomic E-state index is 5.84. The number of benzene rings is 2. The molecule has 0 aromatic heterocycles. The lowest BCUT2D eigenvalue weighted by Gasteiger charge is -2.26. The molecule has 20 heavy (non-hydrogen) atoms. The Morgan fingerprint density at radius 1 is 1.20 bits per heavy atom. The van der Waals surface area contributed by atoms with Gasteiger partial charge >= 0.3 is 0 Å². The smallest absolute Gasteiger partial charge is 0.153 e. The molecule has 1 unspecified atom stereocenters. The Morgan fingerprint density at radius 2 is 2.00 bits per heavy atom. The van der Waals surface area contributed by atoms with Crippen LogP contribution in [0.5, 0.6) is 5.75 Å². The normalized spacial score (nSPS) is 19.1. The van der Waals surface area contributed by atoms with E-state index in [1.165, 1.54) is 5.56 Å². The number of nitrogen functional groups attached to an aromatic ring is 1. The number of nitrogens with zero attached hydrogens (tertiary/aromatic N) is 1. The predicted molar refractivity (Wildman–Crippen MR) is 82.1 cm³/mol. The summed E-state index contributed by atoms with van der Waals surface area (Å²) in [6.07, 6.45) is -0.0881. The van der Waals surface area contributed by atoms with E-state index >= 15 is 0 Å². The van der Waals surface area contributed by atoms with E-state index in [0.29, 0.717) is 12.2 Å². The fourth-order valence-electron chi connectivity index (χ4n) is 2.16. The molecule has 1 aliphatic heterocycles. The van der Waals surface area contributed by atoms with E-state index in [-0.39, 0.29) is 6.10 Å². The van der Waals surface area contributed by atoms with Crippen LogP contribution in [-0.2, 0) is 6.54 Å². The van der Waals surface area contributed by atoms with Crippen LogP contribution < -0.4 is 15.8 Å². The van der Waals surface area contributed by atoms with Gasteiger partial charge in [0.1, 0.15) is 11.6 Å². The number of ether oxygens (including phenoxy) is 1. The lowest BCUT2D eigenvalue weighted by Crippen LogP contribution is -2.34. The molecule has 3 rings (SSSR count). The van der Waals surface area contributed by atoms with Crippen molar-refractivity contribution >= 4 is 17.2 Å². The van der Waals surface area contributed by atoms with Gasteiger partial charge in [-0.05, 0) is 30.7 Å². The van der Waals surface area contributed by atoms with Gasteiger partial charge in [-0.25, -0.2) is 0 Å². The van der Waals surface area contributed by atoms with Crippen molar-refractivity contribution < 1.29 is 4.74 Å². The van der Waals surface area contributed by atoms with Gasteiger partial charge in [0.05, 0.1) is 12.2 Å². The monoisotopic (exact) mass is 267 g/mol. The second kappa shape index (κ2) is 5.25. The largest absolute Gasteiger partial charge is 0.481 e. The van der Waals surface area contributed by atoms with Crippen molar-refractivity contribution in [3.63, 3.8) is 0 Å². The summed E-state index contributed by atoms with van der Waals surface area (Å²) in [5.41, 5.74) is 8.54. The molecule has 102 valence electrons. The molecule has 1 aliphatic rings. The van der Waals surface area contributed by atoms with Gasteiger partial charge in [0.2, 0.25) is 0 Å². The van der Waals surface area contributed by atoms with Crippen molar-refractivity contribution in [1.82, 2.24) is 0 Å². The molecule has 0 amide bonds. The van der Waals surface area contributed by atoms with Crippen LogP contribution in [0.1, 0.15) is 12.5 Å². The third-order valence-electron chi connectivity index (χ3n) is 3.23. The Kier molecular flexibility index (Phi) is 3.29. The highest BCUT2D eigenvalue weighted by molar-refractivity contribution is 6.02. The Bertz CT molecular complexity index is 637. The van der Waals surface area contributed by atoms with Crippen LogP contribution in [0.3, 0.4) is 0 Å². The molecule has 4 nitrogen and oxygen atoms in total. The van der Waals surface area contributed by atoms with Crippen LogP contribution in [0.25, 0.3) is 0 Å². The molecular weight excluding hydrogens is 250 g/mol. The molecule has 2 aromatic carbocycles. The third kappa shape index (κ3) is 2.59. The lowest BCUT2D eigenvalue weighted by molar-refractivity contribution is 0.282. The fourth-order valence-corrected chi connectivity index (χ4v) is 2.16. The number of hydrogen-bond acceptors (Lipinski definition) is 3. The topological polar surface area (TPSA) is 59.6 Å². The van der Waals surface area contributed by atoms with Crippen LogP contribution in [0.2, 0.25) is 0 Å². The third-order valence-corrected chi connectivity index (χ3v) is 3.23. The average Bonchev–Trinajstić information content (AvgIpc) is 2.46. The lowest BCUT2D eigenvalue weighted by atomic mass is 10.2. The van der Waals surface area contributed by atoms with Crippen LogP contribution in [0.4, 0.5) is 11.4 Å². The quantitative estimate of drug-likeness (QED) is 0.822. The van der Waals surface area contributed by atoms with Crippen molar-refractivity contribution in [3.8, 4) is 5.75 Å². The number of fused-ring (bicyclic) bond motifs is 1. The van der Waals surface area contributed by atoms with E-state index in [9.17, 15) is 0 Å². The van der Waals surface area contributed by atoms with E-state index in [0.717, 1.165) is 17.3 Å². The highest BCUT2D eigenvalue weighted by atomic mass is 16.5. The van der Waals surface area contributed by atoms with E-state index in [2.05, 4.69) is 22.4 Å². The highest BCUT2D eigenvalue weighted by Gasteiger charge is 2.21. The first-order chi connectivity index (χ1) is 9.72. The molecule has 2 aromatic rings. The van der Waals surface area contributed by atoms with Gasteiger partial charge in [-0.1, -0.05) is 30.3 Å². The van der Waals surface area contributed by atoms with Crippen LogP contribution in [0, 0.1) is 0 Å². The van der Waals surface area contributed by atoms with Crippen molar-refractivity contribution in [2.24, 2.45) is 4.99 Å². The molecule has 0 saturated heterocycles. The molecule has 3 N–H and O–H groups in total. The zero-order chi connectivity index (χ0) is 13.9. The maximum atomic E-state index is 5.84. The summed E-state index contributed by atoms with van der Waals surface area (Å²) in [5, 5.41) is 3.30. The summed E-state index contributed by atoms with van der Waals surface area (Å²) >= 11 is 0. The fraction of sp³-hybridized carbons (Fsp3) is 0.188. The number of amidine groups is 1. The molecule has 0 saturated carbocycles. The summed E-state index contributed by atoms with van der Waals surface area (Å²) in [5.74, 6) is 1.64. The van der Waals surface area contributed by atoms with E-state index in [1.54, 1.807) is 0 Å². The summed E-state index contributed by atoms with van der Waals surface area (Å²) in [7, 11) is 0. The second-order valence-corrected chi connectivity index (χ2v) is 4.83. The first-order valence-corrected chi connectivity index (χ1v) is 6.64. The predicted octanol–water partition coefficient (Wildman–Crippen LogP) is 3.06. The van der Waals surface area contributed by atoms with Gasteiger partial charge in [0.25, 0.3) is 0 Å². The minimum Gasteiger partial charge on any atom is -0.481 e. The molecule has 1 atom stereocenters. The van der Waals surface area contributed by atoms with Crippen molar-refractivity contribution in [2.75, 3.05) is 11.1 Å². The SMILES string of the molecule is CC1Oc2ccc(N)cc2NC1=NCc1ccccc1. The minimum absolute atomic E-state index is 0.0881. The number of hydrogen-bond donors (Lipinski definition) is 2. The molecule has 0 spiro atoms. The van der Waals surface area contributed by atoms with Gasteiger partial charge in [-0.3, -0.25) is 4.99 Å². The van der Waals surface area contributed by atoms with Crippen LogP contribution in [-0.4, -0.2) is 11.9 Å². The Morgan fingerprint density at radius 3 is 2.80 bits per heavy atom. The number of anilines is 2. The van der Waals surface area contributed by atoms with Gasteiger partial charge in [-0.2, -0.15) is 0 Å². The van der Waals surface area contributed by atoms with E-state index < -0.39 is 0 Å². The first kappa shape index (κ1) is 12.5. The Labute approximate surface area is 118 Å². The van der Waals surface area contributed by atoms with Crippen molar-refractivity contribution in [2.45, 2.75) is 19.6 Å². The van der Waals surface area contributed by atoms with Gasteiger partial charge in [-0.15, -0.1) is 0 Å². The molecule has 4 heteroatoms. The Hall–Kier alpha value is -2.49. The van der Waals surface area contributed by atoms with Crippen molar-refractivity contribution in [3.05, 3.63) is 54.1 Å². The van der Waals surface area contributed by atoms with Gasteiger partial charge in [0, 0.05) is 5.69 Å². The van der Waals surface area contributed by atoms with E-state index in [1.807, 2.05) is 43.3 Å². The zero-order valence-corrected chi connectivity index (χ0v) is 11.3. The molecular formula is C16H17N3O. The summed E-state index contributed by atoms with van der Waals surface area (Å²) in [6.45, 7) is 2.62. The second-order valence-electron chi connectivity index (χ2n) is 4.83. The summed E-state index contributed by atoms with van der Waals surface area (Å²) in [4.78, 5) is 4.60. The molecule has 0 bridgehead atoms. The molecule has 1 heterocycles. The number of nitrogens with one attached hydrogen (secondary N) is 1. The van der Waals surface area contributed by atoms with Gasteiger partial charge in [0.15, 0.2) is 6.10 Å². The average molecular weight is 267 g/mol. The number of nitrogens with two attached hydrogens (primary N) is 1. The summed E-state index contributed by atoms with van der Waals surface area (Å²) < 4.78 is 5.84. The maximum Gasteiger partial charge on any atom is 0.153 e. The minimum atomic E-state index is -0.0881. The van der Waals surface area contributed by atoms with Crippen LogP contribution in [0.15, 0.2) is 53.5 Å². The highest BCUT2D eigenvalue weighted by Crippen LogP contribution is 2.31.